The first kappa shape index (κ1) is 17.1. The Morgan fingerprint density at radius 3 is 2.92 bits per heavy atom. The molecule has 4 rings (SSSR count). The van der Waals surface area contributed by atoms with E-state index in [-0.39, 0.29) is 24.0 Å². The lowest BCUT2D eigenvalue weighted by atomic mass is 9.86. The normalized spacial score (nSPS) is 25.7. The van der Waals surface area contributed by atoms with Gasteiger partial charge in [0, 0.05) is 32.4 Å². The minimum Gasteiger partial charge on any atom is -0.437 e. The van der Waals surface area contributed by atoms with Crippen LogP contribution in [0.15, 0.2) is 18.3 Å². The van der Waals surface area contributed by atoms with Crippen molar-refractivity contribution in [1.29, 1.82) is 0 Å². The Morgan fingerprint density at radius 2 is 2.23 bits per heavy atom. The molecule has 1 aromatic rings. The van der Waals surface area contributed by atoms with Gasteiger partial charge >= 0.3 is 13.1 Å². The number of fused-ring (bicyclic) bond motifs is 2. The van der Waals surface area contributed by atoms with Crippen LogP contribution < -0.4 is 5.32 Å². The first-order chi connectivity index (χ1) is 12.4. The Labute approximate surface area is 152 Å². The summed E-state index contributed by atoms with van der Waals surface area (Å²) in [4.78, 5) is 29.9. The molecule has 2 atom stereocenters. The van der Waals surface area contributed by atoms with Crippen LogP contribution in [-0.2, 0) is 0 Å². The molecule has 9 nitrogen and oxygen atoms in total. The molecule has 0 spiro atoms. The highest BCUT2D eigenvalue weighted by Crippen LogP contribution is 2.24. The van der Waals surface area contributed by atoms with Gasteiger partial charge in [-0.1, -0.05) is 0 Å². The second-order valence-electron chi connectivity index (χ2n) is 7.23. The van der Waals surface area contributed by atoms with Crippen LogP contribution >= 0.6 is 0 Å². The zero-order valence-corrected chi connectivity index (χ0v) is 15.0. The molecule has 0 aromatic carbocycles. The SMILES string of the molecule is CB(O)N1CC[C@@H](NC(=O)c2ccn(C3=CC4CN(C3)C(=O)N4C)n2)C1. The fourth-order valence-electron chi connectivity index (χ4n) is 3.82. The largest absolute Gasteiger partial charge is 0.437 e. The maximum absolute atomic E-state index is 12.5. The van der Waals surface area contributed by atoms with Crippen molar-refractivity contribution >= 4 is 24.7 Å². The fraction of sp³-hybridized carbons (Fsp3) is 0.562. The lowest BCUT2D eigenvalue weighted by Gasteiger charge is -2.21. The second-order valence-corrected chi connectivity index (χ2v) is 7.23. The molecule has 2 bridgehead atoms. The predicted octanol–water partition coefficient (Wildman–Crippen LogP) is -0.612. The summed E-state index contributed by atoms with van der Waals surface area (Å²) in [6, 6.07) is 1.78. The summed E-state index contributed by atoms with van der Waals surface area (Å²) < 4.78 is 1.68. The fourth-order valence-corrected chi connectivity index (χ4v) is 3.82. The topological polar surface area (TPSA) is 93.9 Å². The average Bonchev–Trinajstić information content (AvgIpc) is 3.32. The van der Waals surface area contributed by atoms with E-state index in [1.807, 2.05) is 10.9 Å². The number of hydrogen-bond acceptors (Lipinski definition) is 5. The van der Waals surface area contributed by atoms with Gasteiger partial charge in [0.25, 0.3) is 5.91 Å². The number of urea groups is 1. The number of carbonyl (C=O) groups is 2. The van der Waals surface area contributed by atoms with Gasteiger partial charge in [-0.15, -0.1) is 0 Å². The Balaban J connectivity index is 1.41. The lowest BCUT2D eigenvalue weighted by Crippen LogP contribution is -2.40. The number of rotatable bonds is 4. The van der Waals surface area contributed by atoms with Crippen LogP contribution in [0.2, 0.25) is 6.82 Å². The number of carbonyl (C=O) groups excluding carboxylic acids is 2. The van der Waals surface area contributed by atoms with Gasteiger partial charge in [-0.2, -0.15) is 5.10 Å². The van der Waals surface area contributed by atoms with Crippen molar-refractivity contribution in [1.82, 2.24) is 29.7 Å². The third kappa shape index (κ3) is 2.99. The van der Waals surface area contributed by atoms with E-state index in [4.69, 9.17) is 0 Å². The maximum atomic E-state index is 12.5. The zero-order chi connectivity index (χ0) is 18.4. The lowest BCUT2D eigenvalue weighted by molar-refractivity contribution is 0.0933. The van der Waals surface area contributed by atoms with E-state index in [9.17, 15) is 14.6 Å². The molecule has 138 valence electrons. The molecule has 26 heavy (non-hydrogen) atoms. The highest BCUT2D eigenvalue weighted by molar-refractivity contribution is 6.45. The summed E-state index contributed by atoms with van der Waals surface area (Å²) in [5.74, 6) is -0.214. The van der Waals surface area contributed by atoms with Gasteiger partial charge in [-0.3, -0.25) is 4.79 Å². The molecule has 4 heterocycles. The van der Waals surface area contributed by atoms with E-state index in [0.29, 0.717) is 25.3 Å². The van der Waals surface area contributed by atoms with Gasteiger partial charge < -0.3 is 25.0 Å². The van der Waals surface area contributed by atoms with Crippen LogP contribution in [0.4, 0.5) is 4.79 Å². The molecular formula is C16H23BN6O3. The van der Waals surface area contributed by atoms with E-state index < -0.39 is 7.05 Å². The van der Waals surface area contributed by atoms with Crippen molar-refractivity contribution in [2.24, 2.45) is 0 Å². The predicted molar refractivity (Wildman–Crippen MR) is 96.3 cm³/mol. The van der Waals surface area contributed by atoms with Gasteiger partial charge in [0.05, 0.1) is 18.3 Å². The van der Waals surface area contributed by atoms with E-state index in [1.165, 1.54) is 0 Å². The third-order valence-corrected chi connectivity index (χ3v) is 5.41. The Morgan fingerprint density at radius 1 is 1.42 bits per heavy atom. The van der Waals surface area contributed by atoms with Gasteiger partial charge in [0.15, 0.2) is 5.69 Å². The van der Waals surface area contributed by atoms with Crippen molar-refractivity contribution in [3.63, 3.8) is 0 Å². The average molecular weight is 358 g/mol. The Hall–Kier alpha value is -2.33. The molecule has 0 saturated carbocycles. The number of amides is 3. The number of aromatic nitrogens is 2. The number of nitrogens with zero attached hydrogens (tertiary/aromatic N) is 5. The molecule has 1 unspecified atom stereocenters. The molecule has 1 aromatic heterocycles. The van der Waals surface area contributed by atoms with Crippen molar-refractivity contribution in [2.45, 2.75) is 25.3 Å². The summed E-state index contributed by atoms with van der Waals surface area (Å²) in [5, 5.41) is 17.0. The summed E-state index contributed by atoms with van der Waals surface area (Å²) in [7, 11) is 1.30. The standard InChI is InChI=1S/C16H23BN6O3/c1-17(26)22-5-3-11(8-22)18-15(24)14-4-6-23(19-14)13-7-12-9-21(10-13)16(25)20(12)2/h4,6-7,11-12,26H,3,5,8-10H2,1-2H3,(H,18,24)/t11-,12?/m1/s1. The van der Waals surface area contributed by atoms with Crippen LogP contribution in [0, 0.1) is 0 Å². The first-order valence-electron chi connectivity index (χ1n) is 8.94. The molecule has 3 aliphatic rings. The number of nitrogens with one attached hydrogen (secondary N) is 1. The van der Waals surface area contributed by atoms with Crippen LogP contribution in [0.5, 0.6) is 0 Å². The van der Waals surface area contributed by atoms with Gasteiger partial charge in [0.2, 0.25) is 0 Å². The van der Waals surface area contributed by atoms with Crippen LogP contribution in [-0.4, -0.2) is 93.7 Å². The van der Waals surface area contributed by atoms with Gasteiger partial charge in [-0.05, 0) is 31.9 Å². The van der Waals surface area contributed by atoms with Crippen molar-refractivity contribution in [3.05, 3.63) is 24.0 Å². The van der Waals surface area contributed by atoms with Crippen LogP contribution in [0.1, 0.15) is 16.9 Å². The molecule has 3 aliphatic heterocycles. The summed E-state index contributed by atoms with van der Waals surface area (Å²) in [6.45, 7) is 4.33. The number of likely N-dealkylation sites (N-methyl/N-ethyl adjacent to an activating group) is 1. The summed E-state index contributed by atoms with van der Waals surface area (Å²) in [6.07, 6.45) is 4.61. The molecule has 0 radical (unpaired) electrons. The van der Waals surface area contributed by atoms with E-state index >= 15 is 0 Å². The minimum absolute atomic E-state index is 0.0179. The van der Waals surface area contributed by atoms with Crippen LogP contribution in [0.25, 0.3) is 5.70 Å². The summed E-state index contributed by atoms with van der Waals surface area (Å²) >= 11 is 0. The monoisotopic (exact) mass is 358 g/mol. The molecule has 3 amide bonds. The molecule has 2 fully saturated rings. The molecule has 2 saturated heterocycles. The van der Waals surface area contributed by atoms with Crippen molar-refractivity contribution < 1.29 is 14.6 Å². The highest BCUT2D eigenvalue weighted by atomic mass is 16.2. The van der Waals surface area contributed by atoms with E-state index in [1.54, 1.807) is 40.6 Å². The van der Waals surface area contributed by atoms with Gasteiger partial charge in [-0.25, -0.2) is 9.48 Å². The van der Waals surface area contributed by atoms with Crippen molar-refractivity contribution in [3.8, 4) is 0 Å². The third-order valence-electron chi connectivity index (χ3n) is 5.41. The Kier molecular flexibility index (Phi) is 4.24. The van der Waals surface area contributed by atoms with E-state index in [0.717, 1.165) is 18.7 Å². The van der Waals surface area contributed by atoms with Crippen molar-refractivity contribution in [2.75, 3.05) is 33.2 Å². The molecule has 10 heteroatoms. The van der Waals surface area contributed by atoms with E-state index in [2.05, 4.69) is 10.4 Å². The second kappa shape index (κ2) is 6.44. The van der Waals surface area contributed by atoms with Gasteiger partial charge in [0.1, 0.15) is 0 Å². The molecule has 2 N–H and O–H groups in total. The zero-order valence-electron chi connectivity index (χ0n) is 15.0. The highest BCUT2D eigenvalue weighted by Gasteiger charge is 2.38. The Bertz CT molecular complexity index is 763. The first-order valence-corrected chi connectivity index (χ1v) is 8.94. The number of hydrogen-bond donors (Lipinski definition) is 2. The van der Waals surface area contributed by atoms with Crippen LogP contribution in [0.3, 0.4) is 0 Å². The smallest absolute Gasteiger partial charge is 0.376 e. The molecule has 0 aliphatic carbocycles. The minimum atomic E-state index is -0.499. The maximum Gasteiger partial charge on any atom is 0.376 e. The quantitative estimate of drug-likeness (QED) is 0.701. The summed E-state index contributed by atoms with van der Waals surface area (Å²) in [5.41, 5.74) is 1.26. The molecular weight excluding hydrogens is 335 g/mol.